The standard InChI is InChI=1S/C10H17N3OS/c1-2-5-15-7-9-12-10(14-13-9)8-3-4-11-6-8/h8,11H,2-7H2,1H3. The van der Waals surface area contributed by atoms with Crippen LogP contribution < -0.4 is 5.32 Å². The molecule has 1 atom stereocenters. The minimum Gasteiger partial charge on any atom is -0.339 e. The van der Waals surface area contributed by atoms with Crippen molar-refractivity contribution in [2.75, 3.05) is 18.8 Å². The summed E-state index contributed by atoms with van der Waals surface area (Å²) in [6.07, 6.45) is 2.31. The molecule has 1 aliphatic heterocycles. The van der Waals surface area contributed by atoms with E-state index in [0.717, 1.165) is 42.7 Å². The fraction of sp³-hybridized carbons (Fsp3) is 0.800. The highest BCUT2D eigenvalue weighted by atomic mass is 32.2. The van der Waals surface area contributed by atoms with E-state index in [2.05, 4.69) is 22.4 Å². The molecule has 15 heavy (non-hydrogen) atoms. The Kier molecular flexibility index (Phi) is 4.02. The number of hydrogen-bond acceptors (Lipinski definition) is 5. The Morgan fingerprint density at radius 2 is 2.53 bits per heavy atom. The molecule has 1 aliphatic rings. The van der Waals surface area contributed by atoms with E-state index in [1.54, 1.807) is 0 Å². The van der Waals surface area contributed by atoms with Crippen LogP contribution in [0.2, 0.25) is 0 Å². The van der Waals surface area contributed by atoms with Crippen molar-refractivity contribution >= 4 is 11.8 Å². The van der Waals surface area contributed by atoms with E-state index in [1.807, 2.05) is 11.8 Å². The number of aromatic nitrogens is 2. The second-order valence-corrected chi connectivity index (χ2v) is 4.90. The summed E-state index contributed by atoms with van der Waals surface area (Å²) < 4.78 is 5.26. The topological polar surface area (TPSA) is 51.0 Å². The van der Waals surface area contributed by atoms with Crippen molar-refractivity contribution in [2.24, 2.45) is 0 Å². The summed E-state index contributed by atoms with van der Waals surface area (Å²) in [6, 6.07) is 0. The zero-order valence-electron chi connectivity index (χ0n) is 9.03. The second kappa shape index (κ2) is 5.51. The Labute approximate surface area is 94.2 Å². The van der Waals surface area contributed by atoms with E-state index in [4.69, 9.17) is 4.52 Å². The maximum Gasteiger partial charge on any atom is 0.231 e. The van der Waals surface area contributed by atoms with Gasteiger partial charge in [-0.3, -0.25) is 0 Å². The van der Waals surface area contributed by atoms with Crippen LogP contribution in [0.1, 0.15) is 37.4 Å². The van der Waals surface area contributed by atoms with E-state index in [9.17, 15) is 0 Å². The molecular formula is C10H17N3OS. The second-order valence-electron chi connectivity index (χ2n) is 3.79. The van der Waals surface area contributed by atoms with Gasteiger partial charge in [-0.05, 0) is 25.1 Å². The zero-order chi connectivity index (χ0) is 10.5. The first kappa shape index (κ1) is 11.0. The highest BCUT2D eigenvalue weighted by Gasteiger charge is 2.22. The Hall–Kier alpha value is -0.550. The molecule has 1 unspecified atom stereocenters. The molecule has 5 heteroatoms. The predicted octanol–water partition coefficient (Wildman–Crippen LogP) is 1.79. The molecule has 1 aromatic heterocycles. The third kappa shape index (κ3) is 2.95. The van der Waals surface area contributed by atoms with Crippen molar-refractivity contribution in [3.8, 4) is 0 Å². The van der Waals surface area contributed by atoms with Crippen LogP contribution in [0.3, 0.4) is 0 Å². The van der Waals surface area contributed by atoms with Gasteiger partial charge in [0, 0.05) is 6.54 Å². The van der Waals surface area contributed by atoms with E-state index >= 15 is 0 Å². The monoisotopic (exact) mass is 227 g/mol. The van der Waals surface area contributed by atoms with E-state index < -0.39 is 0 Å². The van der Waals surface area contributed by atoms with Crippen molar-refractivity contribution in [1.29, 1.82) is 0 Å². The summed E-state index contributed by atoms with van der Waals surface area (Å²) in [4.78, 5) is 4.43. The van der Waals surface area contributed by atoms with Gasteiger partial charge in [0.05, 0.1) is 11.7 Å². The fourth-order valence-corrected chi connectivity index (χ4v) is 2.40. The smallest absolute Gasteiger partial charge is 0.231 e. The van der Waals surface area contributed by atoms with Gasteiger partial charge in [-0.25, -0.2) is 0 Å². The summed E-state index contributed by atoms with van der Waals surface area (Å²) in [7, 11) is 0. The van der Waals surface area contributed by atoms with Crippen LogP contribution in [0.15, 0.2) is 4.52 Å². The van der Waals surface area contributed by atoms with Crippen LogP contribution in [0.25, 0.3) is 0 Å². The van der Waals surface area contributed by atoms with Crippen molar-refractivity contribution in [3.05, 3.63) is 11.7 Å². The zero-order valence-corrected chi connectivity index (χ0v) is 9.85. The molecule has 4 nitrogen and oxygen atoms in total. The number of nitrogens with one attached hydrogen (secondary N) is 1. The molecule has 1 fully saturated rings. The number of hydrogen-bond donors (Lipinski definition) is 1. The minimum absolute atomic E-state index is 0.433. The number of nitrogens with zero attached hydrogens (tertiary/aromatic N) is 2. The molecule has 0 aliphatic carbocycles. The SMILES string of the molecule is CCCSCc1noc(C2CCNC2)n1. The molecule has 0 bridgehead atoms. The lowest BCUT2D eigenvalue weighted by Crippen LogP contribution is -2.08. The van der Waals surface area contributed by atoms with E-state index in [-0.39, 0.29) is 0 Å². The normalized spacial score (nSPS) is 21.0. The van der Waals surface area contributed by atoms with Gasteiger partial charge in [0.1, 0.15) is 0 Å². The number of rotatable bonds is 5. The Morgan fingerprint density at radius 3 is 3.27 bits per heavy atom. The van der Waals surface area contributed by atoms with Crippen molar-refractivity contribution in [1.82, 2.24) is 15.5 Å². The highest BCUT2D eigenvalue weighted by Crippen LogP contribution is 2.21. The van der Waals surface area contributed by atoms with Crippen LogP contribution in [-0.4, -0.2) is 29.0 Å². The predicted molar refractivity (Wildman–Crippen MR) is 61.0 cm³/mol. The molecule has 2 rings (SSSR count). The van der Waals surface area contributed by atoms with Gasteiger partial charge in [0.2, 0.25) is 5.89 Å². The Balaban J connectivity index is 1.86. The molecule has 0 spiro atoms. The number of thioether (sulfide) groups is 1. The Bertz CT molecular complexity index is 297. The third-order valence-corrected chi connectivity index (χ3v) is 3.63. The third-order valence-electron chi connectivity index (χ3n) is 2.47. The van der Waals surface area contributed by atoms with Crippen LogP contribution in [0.4, 0.5) is 0 Å². The van der Waals surface area contributed by atoms with Crippen molar-refractivity contribution in [2.45, 2.75) is 31.4 Å². The fourth-order valence-electron chi connectivity index (χ4n) is 1.67. The van der Waals surface area contributed by atoms with Crippen LogP contribution in [0.5, 0.6) is 0 Å². The van der Waals surface area contributed by atoms with Gasteiger partial charge in [-0.1, -0.05) is 12.1 Å². The molecule has 1 N–H and O–H groups in total. The van der Waals surface area contributed by atoms with Gasteiger partial charge >= 0.3 is 0 Å². The molecule has 2 heterocycles. The first-order chi connectivity index (χ1) is 7.40. The largest absolute Gasteiger partial charge is 0.339 e. The lowest BCUT2D eigenvalue weighted by molar-refractivity contribution is 0.355. The molecule has 0 saturated carbocycles. The van der Waals surface area contributed by atoms with Crippen molar-refractivity contribution < 1.29 is 4.52 Å². The molecular weight excluding hydrogens is 210 g/mol. The van der Waals surface area contributed by atoms with Gasteiger partial charge in [0.15, 0.2) is 5.82 Å². The van der Waals surface area contributed by atoms with Gasteiger partial charge in [0.25, 0.3) is 0 Å². The van der Waals surface area contributed by atoms with Gasteiger partial charge in [-0.2, -0.15) is 16.7 Å². The maximum absolute atomic E-state index is 5.26. The molecule has 1 aromatic rings. The van der Waals surface area contributed by atoms with Crippen LogP contribution in [0, 0.1) is 0 Å². The van der Waals surface area contributed by atoms with Crippen LogP contribution in [-0.2, 0) is 5.75 Å². The Morgan fingerprint density at radius 1 is 1.60 bits per heavy atom. The summed E-state index contributed by atoms with van der Waals surface area (Å²) in [5.41, 5.74) is 0. The van der Waals surface area contributed by atoms with Gasteiger partial charge in [-0.15, -0.1) is 0 Å². The summed E-state index contributed by atoms with van der Waals surface area (Å²) in [5.74, 6) is 4.12. The average Bonchev–Trinajstić information content (AvgIpc) is 2.87. The lowest BCUT2D eigenvalue weighted by atomic mass is 10.1. The molecule has 0 radical (unpaired) electrons. The minimum atomic E-state index is 0.433. The summed E-state index contributed by atoms with van der Waals surface area (Å²) >= 11 is 1.86. The highest BCUT2D eigenvalue weighted by molar-refractivity contribution is 7.98. The van der Waals surface area contributed by atoms with Gasteiger partial charge < -0.3 is 9.84 Å². The molecule has 84 valence electrons. The lowest BCUT2D eigenvalue weighted by Gasteiger charge is -1.98. The van der Waals surface area contributed by atoms with E-state index in [1.165, 1.54) is 6.42 Å². The summed E-state index contributed by atoms with van der Waals surface area (Å²) in [5, 5.41) is 7.30. The first-order valence-corrected chi connectivity index (χ1v) is 6.66. The van der Waals surface area contributed by atoms with Crippen LogP contribution >= 0.6 is 11.8 Å². The van der Waals surface area contributed by atoms with Crippen molar-refractivity contribution in [3.63, 3.8) is 0 Å². The molecule has 0 amide bonds. The average molecular weight is 227 g/mol. The molecule has 0 aromatic carbocycles. The maximum atomic E-state index is 5.26. The first-order valence-electron chi connectivity index (χ1n) is 5.51. The quantitative estimate of drug-likeness (QED) is 0.777. The van der Waals surface area contributed by atoms with E-state index in [0.29, 0.717) is 5.92 Å². The molecule has 1 saturated heterocycles. The summed E-state index contributed by atoms with van der Waals surface area (Å²) in [6.45, 7) is 4.22.